The molecule has 7 nitrogen and oxygen atoms in total. The maximum atomic E-state index is 13.4. The minimum absolute atomic E-state index is 0.0316. The van der Waals surface area contributed by atoms with Crippen LogP contribution in [0.2, 0.25) is 0 Å². The van der Waals surface area contributed by atoms with E-state index in [0.717, 1.165) is 28.9 Å². The van der Waals surface area contributed by atoms with Crippen molar-refractivity contribution < 1.29 is 26.0 Å². The molecule has 12 heteroatoms. The van der Waals surface area contributed by atoms with Gasteiger partial charge in [0.05, 0.1) is 21.6 Å². The van der Waals surface area contributed by atoms with Gasteiger partial charge in [0.25, 0.3) is 0 Å². The Morgan fingerprint density at radius 2 is 1.72 bits per heavy atom. The molecule has 0 radical (unpaired) electrons. The van der Waals surface area contributed by atoms with Crippen LogP contribution in [0.1, 0.15) is 5.69 Å². The molecule has 4 rings (SSSR count). The number of aromatic amines is 1. The SMILES string of the molecule is NS(=O)(=O)c1ccc(-n2nc(C(F)(F)F)cc2-c2nc3ccc(F)cc3[nH]2)cc1. The molecule has 150 valence electrons. The number of primary sulfonamides is 1. The lowest BCUT2D eigenvalue weighted by atomic mass is 10.3. The number of sulfonamides is 1. The molecule has 0 saturated heterocycles. The van der Waals surface area contributed by atoms with Crippen molar-refractivity contribution in [1.29, 1.82) is 0 Å². The number of hydrogen-bond acceptors (Lipinski definition) is 4. The lowest BCUT2D eigenvalue weighted by Crippen LogP contribution is -2.12. The van der Waals surface area contributed by atoms with E-state index in [1.54, 1.807) is 0 Å². The number of halogens is 4. The van der Waals surface area contributed by atoms with Crippen LogP contribution in [0.4, 0.5) is 17.6 Å². The summed E-state index contributed by atoms with van der Waals surface area (Å²) in [6.07, 6.45) is -4.72. The number of benzene rings is 2. The highest BCUT2D eigenvalue weighted by atomic mass is 32.2. The maximum Gasteiger partial charge on any atom is 0.435 e. The molecule has 0 aliphatic carbocycles. The fourth-order valence-electron chi connectivity index (χ4n) is 2.77. The molecular formula is C17H11F4N5O2S. The molecule has 0 fully saturated rings. The first-order valence-electron chi connectivity index (χ1n) is 7.98. The van der Waals surface area contributed by atoms with Crippen molar-refractivity contribution in [1.82, 2.24) is 19.7 Å². The van der Waals surface area contributed by atoms with Gasteiger partial charge < -0.3 is 4.98 Å². The van der Waals surface area contributed by atoms with E-state index in [0.29, 0.717) is 11.0 Å². The number of fused-ring (bicyclic) bond motifs is 1. The van der Waals surface area contributed by atoms with Crippen LogP contribution in [-0.4, -0.2) is 28.2 Å². The molecule has 0 spiro atoms. The van der Waals surface area contributed by atoms with Gasteiger partial charge in [0.1, 0.15) is 11.5 Å². The largest absolute Gasteiger partial charge is 0.435 e. The van der Waals surface area contributed by atoms with E-state index >= 15 is 0 Å². The van der Waals surface area contributed by atoms with Crippen LogP contribution in [-0.2, 0) is 16.2 Å². The van der Waals surface area contributed by atoms with Crippen molar-refractivity contribution in [3.8, 4) is 17.2 Å². The van der Waals surface area contributed by atoms with Gasteiger partial charge in [0.15, 0.2) is 11.5 Å². The molecule has 0 atom stereocenters. The molecule has 2 heterocycles. The van der Waals surface area contributed by atoms with Gasteiger partial charge in [-0.15, -0.1) is 0 Å². The van der Waals surface area contributed by atoms with Crippen molar-refractivity contribution in [3.63, 3.8) is 0 Å². The van der Waals surface area contributed by atoms with E-state index < -0.39 is 27.7 Å². The number of imidazole rings is 1. The van der Waals surface area contributed by atoms with Crippen LogP contribution in [0, 0.1) is 5.82 Å². The van der Waals surface area contributed by atoms with Gasteiger partial charge in [-0.25, -0.2) is 27.6 Å². The average molecular weight is 425 g/mol. The number of hydrogen-bond donors (Lipinski definition) is 2. The van der Waals surface area contributed by atoms with Crippen molar-refractivity contribution in [2.75, 3.05) is 0 Å². The lowest BCUT2D eigenvalue weighted by Gasteiger charge is -2.07. The van der Waals surface area contributed by atoms with Gasteiger partial charge in [0, 0.05) is 6.07 Å². The summed E-state index contributed by atoms with van der Waals surface area (Å²) in [4.78, 5) is 6.76. The molecule has 0 aliphatic heterocycles. The van der Waals surface area contributed by atoms with Crippen LogP contribution in [0.5, 0.6) is 0 Å². The second-order valence-corrected chi connectivity index (χ2v) is 7.67. The average Bonchev–Trinajstić information content (AvgIpc) is 3.24. The van der Waals surface area contributed by atoms with E-state index in [9.17, 15) is 26.0 Å². The minimum Gasteiger partial charge on any atom is -0.337 e. The fraction of sp³-hybridized carbons (Fsp3) is 0.0588. The van der Waals surface area contributed by atoms with Gasteiger partial charge in [-0.05, 0) is 42.5 Å². The number of nitrogens with two attached hydrogens (primary N) is 1. The van der Waals surface area contributed by atoms with Crippen molar-refractivity contribution in [2.24, 2.45) is 5.14 Å². The first kappa shape index (κ1) is 19.1. The Morgan fingerprint density at radius 3 is 2.34 bits per heavy atom. The Hall–Kier alpha value is -3.25. The third-order valence-corrected chi connectivity index (χ3v) is 5.03. The molecule has 0 bridgehead atoms. The van der Waals surface area contributed by atoms with Crippen LogP contribution < -0.4 is 5.14 Å². The predicted octanol–water partition coefficient (Wildman–Crippen LogP) is 3.22. The Labute approximate surface area is 160 Å². The molecular weight excluding hydrogens is 414 g/mol. The first-order chi connectivity index (χ1) is 13.5. The fourth-order valence-corrected chi connectivity index (χ4v) is 3.28. The Kier molecular flexibility index (Phi) is 4.20. The lowest BCUT2D eigenvalue weighted by molar-refractivity contribution is -0.141. The normalized spacial score (nSPS) is 12.6. The summed E-state index contributed by atoms with van der Waals surface area (Å²) in [5.74, 6) is -0.500. The quantitative estimate of drug-likeness (QED) is 0.492. The highest BCUT2D eigenvalue weighted by molar-refractivity contribution is 7.89. The van der Waals surface area contributed by atoms with Gasteiger partial charge >= 0.3 is 6.18 Å². The predicted molar refractivity (Wildman–Crippen MR) is 95.0 cm³/mol. The number of nitrogens with zero attached hydrogens (tertiary/aromatic N) is 3. The molecule has 2 aromatic carbocycles. The minimum atomic E-state index is -4.72. The summed E-state index contributed by atoms with van der Waals surface area (Å²) in [6.45, 7) is 0. The van der Waals surface area contributed by atoms with E-state index in [-0.39, 0.29) is 22.1 Å². The summed E-state index contributed by atoms with van der Waals surface area (Å²) in [5.41, 5.74) is -0.417. The zero-order valence-electron chi connectivity index (χ0n) is 14.3. The number of nitrogens with one attached hydrogen (secondary N) is 1. The van der Waals surface area contributed by atoms with E-state index in [1.165, 1.54) is 24.3 Å². The molecule has 29 heavy (non-hydrogen) atoms. The third-order valence-electron chi connectivity index (χ3n) is 4.10. The van der Waals surface area contributed by atoms with E-state index in [1.807, 2.05) is 0 Å². The zero-order chi connectivity index (χ0) is 21.0. The number of H-pyrrole nitrogens is 1. The van der Waals surface area contributed by atoms with Gasteiger partial charge in [-0.1, -0.05) is 0 Å². The van der Waals surface area contributed by atoms with Crippen LogP contribution in [0.25, 0.3) is 28.2 Å². The van der Waals surface area contributed by atoms with Gasteiger partial charge in [-0.2, -0.15) is 18.3 Å². The van der Waals surface area contributed by atoms with Crippen molar-refractivity contribution in [3.05, 3.63) is 60.0 Å². The summed E-state index contributed by atoms with van der Waals surface area (Å²) in [7, 11) is -3.97. The Bertz CT molecular complexity index is 1320. The highest BCUT2D eigenvalue weighted by Crippen LogP contribution is 2.33. The monoisotopic (exact) mass is 425 g/mol. The van der Waals surface area contributed by atoms with Crippen LogP contribution in [0.3, 0.4) is 0 Å². The molecule has 0 unspecified atom stereocenters. The summed E-state index contributed by atoms with van der Waals surface area (Å²) in [5, 5.41) is 8.62. The highest BCUT2D eigenvalue weighted by Gasteiger charge is 2.35. The second kappa shape index (κ2) is 6.39. The number of alkyl halides is 3. The molecule has 0 saturated carbocycles. The molecule has 0 amide bonds. The second-order valence-electron chi connectivity index (χ2n) is 6.11. The Balaban J connectivity index is 1.90. The van der Waals surface area contributed by atoms with Crippen molar-refractivity contribution in [2.45, 2.75) is 11.1 Å². The smallest absolute Gasteiger partial charge is 0.337 e. The molecule has 3 N–H and O–H groups in total. The number of rotatable bonds is 3. The summed E-state index contributed by atoms with van der Waals surface area (Å²) in [6, 6.07) is 9.35. The van der Waals surface area contributed by atoms with Crippen LogP contribution in [0.15, 0.2) is 53.4 Å². The van der Waals surface area contributed by atoms with E-state index in [4.69, 9.17) is 5.14 Å². The summed E-state index contributed by atoms with van der Waals surface area (Å²) >= 11 is 0. The van der Waals surface area contributed by atoms with E-state index in [2.05, 4.69) is 15.1 Å². The standard InChI is InChI=1S/C17H11F4N5O2S/c18-9-1-6-12-13(7-9)24-16(23-12)14-8-15(17(19,20)21)25-26(14)10-2-4-11(5-3-10)29(22,27)28/h1-8H,(H,23,24)(H2,22,27,28). The topological polar surface area (TPSA) is 107 Å². The number of aromatic nitrogens is 4. The Morgan fingerprint density at radius 1 is 1.03 bits per heavy atom. The molecule has 0 aliphatic rings. The molecule has 2 aromatic heterocycles. The van der Waals surface area contributed by atoms with Gasteiger partial charge in [0.2, 0.25) is 10.0 Å². The summed E-state index contributed by atoms with van der Waals surface area (Å²) < 4.78 is 76.9. The van der Waals surface area contributed by atoms with Gasteiger partial charge in [-0.3, -0.25) is 0 Å². The molecule has 4 aromatic rings. The maximum absolute atomic E-state index is 13.4. The first-order valence-corrected chi connectivity index (χ1v) is 9.53. The van der Waals surface area contributed by atoms with Crippen LogP contribution >= 0.6 is 0 Å². The van der Waals surface area contributed by atoms with Crippen molar-refractivity contribution >= 4 is 21.1 Å². The zero-order valence-corrected chi connectivity index (χ0v) is 15.1. The third kappa shape index (κ3) is 3.59.